The van der Waals surface area contributed by atoms with Gasteiger partial charge in [-0.15, -0.1) is 37.1 Å². The quantitative estimate of drug-likeness (QED) is 0.328. The van der Waals surface area contributed by atoms with Crippen LogP contribution >= 0.6 is 24.0 Å². The smallest absolute Gasteiger partial charge is 0.406 e. The van der Waals surface area contributed by atoms with E-state index in [9.17, 15) is 13.2 Å². The fraction of sp³-hybridized carbons (Fsp3) is 0.381. The molecule has 0 amide bonds. The van der Waals surface area contributed by atoms with Crippen molar-refractivity contribution in [3.05, 3.63) is 65.7 Å². The van der Waals surface area contributed by atoms with Gasteiger partial charge in [0, 0.05) is 25.2 Å². The number of halogens is 4. The maximum Gasteiger partial charge on any atom is 0.573 e. The third-order valence-corrected chi connectivity index (χ3v) is 5.03. The first kappa shape index (κ1) is 24.3. The van der Waals surface area contributed by atoms with Crippen LogP contribution in [-0.2, 0) is 16.7 Å². The molecule has 0 unspecified atom stereocenters. The lowest BCUT2D eigenvalue weighted by molar-refractivity contribution is -0.274. The van der Waals surface area contributed by atoms with Crippen molar-refractivity contribution in [1.29, 1.82) is 0 Å². The lowest BCUT2D eigenvalue weighted by Gasteiger charge is -2.38. The highest BCUT2D eigenvalue weighted by atomic mass is 127. The molecule has 9 heteroatoms. The van der Waals surface area contributed by atoms with Crippen LogP contribution in [0, 0.1) is 0 Å². The van der Waals surface area contributed by atoms with Crippen LogP contribution in [0.15, 0.2) is 59.6 Å². The maximum atomic E-state index is 12.2. The van der Waals surface area contributed by atoms with Gasteiger partial charge in [-0.1, -0.05) is 42.5 Å². The average molecular weight is 535 g/mol. The molecule has 1 fully saturated rings. The van der Waals surface area contributed by atoms with Crippen LogP contribution in [0.4, 0.5) is 13.2 Å². The van der Waals surface area contributed by atoms with E-state index >= 15 is 0 Å². The Morgan fingerprint density at radius 3 is 2.30 bits per heavy atom. The summed E-state index contributed by atoms with van der Waals surface area (Å²) in [6, 6.07) is 15.8. The van der Waals surface area contributed by atoms with Crippen LogP contribution in [0.3, 0.4) is 0 Å². The zero-order valence-corrected chi connectivity index (χ0v) is 18.7. The molecule has 0 atom stereocenters. The lowest BCUT2D eigenvalue weighted by atomic mass is 9.74. The third-order valence-electron chi connectivity index (χ3n) is 5.03. The minimum Gasteiger partial charge on any atom is -0.406 e. The number of ether oxygens (including phenoxy) is 2. The molecule has 1 aliphatic rings. The molecule has 164 valence electrons. The Hall–Kier alpha value is -2.01. The van der Waals surface area contributed by atoms with Crippen LogP contribution < -0.4 is 15.8 Å². The summed E-state index contributed by atoms with van der Waals surface area (Å²) in [6.45, 7) is 2.28. The van der Waals surface area contributed by atoms with Crippen molar-refractivity contribution in [3.8, 4) is 5.75 Å². The van der Waals surface area contributed by atoms with Gasteiger partial charge in [0.15, 0.2) is 5.96 Å². The lowest BCUT2D eigenvalue weighted by Crippen LogP contribution is -2.46. The fourth-order valence-corrected chi connectivity index (χ4v) is 3.41. The van der Waals surface area contributed by atoms with Gasteiger partial charge >= 0.3 is 6.36 Å². The summed E-state index contributed by atoms with van der Waals surface area (Å²) in [6.07, 6.45) is -2.93. The average Bonchev–Trinajstić information content (AvgIpc) is 2.72. The summed E-state index contributed by atoms with van der Waals surface area (Å²) >= 11 is 0. The van der Waals surface area contributed by atoms with Crippen molar-refractivity contribution in [2.75, 3.05) is 19.8 Å². The van der Waals surface area contributed by atoms with E-state index in [1.807, 2.05) is 18.2 Å². The van der Waals surface area contributed by atoms with Crippen LogP contribution in [0.1, 0.15) is 24.0 Å². The summed E-state index contributed by atoms with van der Waals surface area (Å²) < 4.78 is 46.0. The van der Waals surface area contributed by atoms with E-state index in [-0.39, 0.29) is 41.7 Å². The first-order valence-electron chi connectivity index (χ1n) is 9.38. The number of nitrogens with one attached hydrogen (secondary N) is 1. The Labute approximate surface area is 190 Å². The minimum absolute atomic E-state index is 0. The molecule has 2 aromatic rings. The summed E-state index contributed by atoms with van der Waals surface area (Å²) in [5.41, 5.74) is 7.92. The normalized spacial score (nSPS) is 16.4. The Morgan fingerprint density at radius 2 is 1.70 bits per heavy atom. The molecule has 0 saturated carbocycles. The van der Waals surface area contributed by atoms with Crippen molar-refractivity contribution >= 4 is 29.9 Å². The van der Waals surface area contributed by atoms with Crippen molar-refractivity contribution < 1.29 is 22.6 Å². The van der Waals surface area contributed by atoms with E-state index in [4.69, 9.17) is 10.5 Å². The highest BCUT2D eigenvalue weighted by Crippen LogP contribution is 2.34. The molecule has 0 aliphatic carbocycles. The molecule has 30 heavy (non-hydrogen) atoms. The Morgan fingerprint density at radius 1 is 1.07 bits per heavy atom. The summed E-state index contributed by atoms with van der Waals surface area (Å²) in [5, 5.41) is 3.20. The molecular formula is C21H25F3IN3O2. The molecule has 1 saturated heterocycles. The van der Waals surface area contributed by atoms with E-state index in [1.165, 1.54) is 29.8 Å². The number of nitrogens with zero attached hydrogens (tertiary/aromatic N) is 1. The molecule has 0 aromatic heterocycles. The van der Waals surface area contributed by atoms with E-state index in [1.54, 1.807) is 0 Å². The van der Waals surface area contributed by atoms with Gasteiger partial charge in [0.25, 0.3) is 0 Å². The molecule has 0 bridgehead atoms. The van der Waals surface area contributed by atoms with Crippen molar-refractivity contribution in [3.63, 3.8) is 0 Å². The largest absolute Gasteiger partial charge is 0.573 e. The van der Waals surface area contributed by atoms with Gasteiger partial charge in [-0.3, -0.25) is 0 Å². The van der Waals surface area contributed by atoms with Crippen LogP contribution in [0.25, 0.3) is 0 Å². The van der Waals surface area contributed by atoms with Gasteiger partial charge in [0.05, 0.1) is 6.54 Å². The molecule has 0 radical (unpaired) electrons. The predicted molar refractivity (Wildman–Crippen MR) is 120 cm³/mol. The second-order valence-corrected chi connectivity index (χ2v) is 7.01. The SMILES string of the molecule is I.NC(=NCc1ccc(OC(F)(F)F)cc1)NCC1(c2ccccc2)CCOCC1. The summed E-state index contributed by atoms with van der Waals surface area (Å²) in [7, 11) is 0. The monoisotopic (exact) mass is 535 g/mol. The van der Waals surface area contributed by atoms with Gasteiger partial charge in [-0.25, -0.2) is 4.99 Å². The Kier molecular flexibility index (Phi) is 8.78. The van der Waals surface area contributed by atoms with Crippen LogP contribution in [0.2, 0.25) is 0 Å². The number of benzene rings is 2. The topological polar surface area (TPSA) is 68.9 Å². The van der Waals surface area contributed by atoms with Gasteiger partial charge in [0.1, 0.15) is 5.75 Å². The highest BCUT2D eigenvalue weighted by Gasteiger charge is 2.34. The number of rotatable bonds is 6. The first-order valence-corrected chi connectivity index (χ1v) is 9.38. The van der Waals surface area contributed by atoms with Crippen molar-refractivity contribution in [2.24, 2.45) is 10.7 Å². The molecule has 1 aliphatic heterocycles. The van der Waals surface area contributed by atoms with E-state index < -0.39 is 6.36 Å². The summed E-state index contributed by atoms with van der Waals surface area (Å²) in [5.74, 6) is 0.0306. The number of nitrogens with two attached hydrogens (primary N) is 1. The van der Waals surface area contributed by atoms with Crippen LogP contribution in [0.5, 0.6) is 5.75 Å². The zero-order chi connectivity index (χ0) is 20.7. The van der Waals surface area contributed by atoms with Gasteiger partial charge < -0.3 is 20.5 Å². The first-order chi connectivity index (χ1) is 13.9. The van der Waals surface area contributed by atoms with E-state index in [0.29, 0.717) is 25.7 Å². The van der Waals surface area contributed by atoms with Gasteiger partial charge in [-0.05, 0) is 36.1 Å². The molecule has 5 nitrogen and oxygen atoms in total. The van der Waals surface area contributed by atoms with Gasteiger partial charge in [-0.2, -0.15) is 0 Å². The molecule has 2 aromatic carbocycles. The summed E-state index contributed by atoms with van der Waals surface area (Å²) in [4.78, 5) is 4.30. The van der Waals surface area contributed by atoms with E-state index in [2.05, 4.69) is 27.2 Å². The molecule has 3 N–H and O–H groups in total. The number of guanidine groups is 1. The third kappa shape index (κ3) is 7.05. The molecule has 0 spiro atoms. The number of aliphatic imine (C=N–C) groups is 1. The second-order valence-electron chi connectivity index (χ2n) is 7.01. The van der Waals surface area contributed by atoms with Crippen molar-refractivity contribution in [2.45, 2.75) is 31.2 Å². The van der Waals surface area contributed by atoms with E-state index in [0.717, 1.165) is 18.4 Å². The predicted octanol–water partition coefficient (Wildman–Crippen LogP) is 4.36. The van der Waals surface area contributed by atoms with Crippen LogP contribution in [-0.4, -0.2) is 32.1 Å². The fourth-order valence-electron chi connectivity index (χ4n) is 3.41. The number of hydrogen-bond acceptors (Lipinski definition) is 3. The van der Waals surface area contributed by atoms with Gasteiger partial charge in [0.2, 0.25) is 0 Å². The molecular weight excluding hydrogens is 510 g/mol. The standard InChI is InChI=1S/C21H24F3N3O2.HI/c22-21(23,24)29-18-8-6-16(7-9-18)14-26-19(25)27-15-20(10-12-28-13-11-20)17-4-2-1-3-5-17;/h1-9H,10-15H2,(H3,25,26,27);1H. The zero-order valence-electron chi connectivity index (χ0n) is 16.3. The highest BCUT2D eigenvalue weighted by molar-refractivity contribution is 14.0. The maximum absolute atomic E-state index is 12.2. The number of alkyl halides is 3. The minimum atomic E-state index is -4.70. The van der Waals surface area contributed by atoms with Crippen molar-refractivity contribution in [1.82, 2.24) is 5.32 Å². The number of hydrogen-bond donors (Lipinski definition) is 2. The Bertz CT molecular complexity index is 808. The second kappa shape index (κ2) is 10.9. The Balaban J connectivity index is 0.00000320. The molecule has 3 rings (SSSR count). The molecule has 1 heterocycles.